The zero-order valence-corrected chi connectivity index (χ0v) is 10.7. The van der Waals surface area contributed by atoms with E-state index in [-0.39, 0.29) is 0 Å². The van der Waals surface area contributed by atoms with E-state index in [2.05, 4.69) is 24.0 Å². The maximum absolute atomic E-state index is 5.85. The Morgan fingerprint density at radius 1 is 0.941 bits per heavy atom. The molecule has 0 amide bonds. The molecule has 0 radical (unpaired) electrons. The van der Waals surface area contributed by atoms with E-state index in [0.717, 1.165) is 22.0 Å². The summed E-state index contributed by atoms with van der Waals surface area (Å²) in [5, 5.41) is 0.747. The summed E-state index contributed by atoms with van der Waals surface area (Å²) in [7, 11) is 0. The molecule has 0 aromatic heterocycles. The molecule has 0 atom stereocenters. The number of hydrogen-bond acceptors (Lipinski definition) is 1. The van der Waals surface area contributed by atoms with Crippen molar-refractivity contribution >= 4 is 23.0 Å². The molecule has 0 aliphatic heterocycles. The lowest BCUT2D eigenvalue weighted by molar-refractivity contribution is 1.42. The Morgan fingerprint density at radius 2 is 1.53 bits per heavy atom. The standard InChI is InChI=1S/C15H14ClN/c1-11-3-9-15(10-4-11)17-12(2)13-5-7-14(16)8-6-13/h3-10H,1-2H3/b17-12+. The van der Waals surface area contributed by atoms with Crippen LogP contribution in [-0.2, 0) is 0 Å². The van der Waals surface area contributed by atoms with Crippen molar-refractivity contribution in [3.05, 3.63) is 64.7 Å². The van der Waals surface area contributed by atoms with Crippen LogP contribution >= 0.6 is 11.6 Å². The van der Waals surface area contributed by atoms with Gasteiger partial charge < -0.3 is 0 Å². The van der Waals surface area contributed by atoms with Gasteiger partial charge in [-0.2, -0.15) is 0 Å². The van der Waals surface area contributed by atoms with Crippen LogP contribution < -0.4 is 0 Å². The number of rotatable bonds is 2. The molecule has 86 valence electrons. The summed E-state index contributed by atoms with van der Waals surface area (Å²) in [4.78, 5) is 4.57. The highest BCUT2D eigenvalue weighted by atomic mass is 35.5. The van der Waals surface area contributed by atoms with E-state index in [1.807, 2.05) is 43.3 Å². The van der Waals surface area contributed by atoms with Crippen LogP contribution in [0, 0.1) is 6.92 Å². The van der Waals surface area contributed by atoms with Crippen molar-refractivity contribution in [2.75, 3.05) is 0 Å². The van der Waals surface area contributed by atoms with E-state index in [9.17, 15) is 0 Å². The Kier molecular flexibility index (Phi) is 3.60. The van der Waals surface area contributed by atoms with Gasteiger partial charge in [0.25, 0.3) is 0 Å². The van der Waals surface area contributed by atoms with E-state index >= 15 is 0 Å². The van der Waals surface area contributed by atoms with E-state index < -0.39 is 0 Å². The first kappa shape index (κ1) is 11.9. The third-order valence-corrected chi connectivity index (χ3v) is 2.84. The fourth-order valence-corrected chi connectivity index (χ4v) is 1.69. The van der Waals surface area contributed by atoms with Gasteiger partial charge in [0.1, 0.15) is 0 Å². The molecular formula is C15H14ClN. The molecule has 0 heterocycles. The average Bonchev–Trinajstić information content (AvgIpc) is 2.33. The van der Waals surface area contributed by atoms with E-state index in [1.54, 1.807) is 0 Å². The molecule has 1 nitrogen and oxygen atoms in total. The van der Waals surface area contributed by atoms with Crippen molar-refractivity contribution in [3.63, 3.8) is 0 Å². The Balaban J connectivity index is 2.27. The van der Waals surface area contributed by atoms with Gasteiger partial charge in [-0.05, 0) is 43.7 Å². The van der Waals surface area contributed by atoms with Crippen LogP contribution in [0.25, 0.3) is 0 Å². The predicted molar refractivity (Wildman–Crippen MR) is 74.5 cm³/mol. The minimum Gasteiger partial charge on any atom is -0.253 e. The molecule has 0 spiro atoms. The lowest BCUT2D eigenvalue weighted by Gasteiger charge is -2.02. The molecule has 0 unspecified atom stereocenters. The first-order valence-electron chi connectivity index (χ1n) is 5.53. The maximum Gasteiger partial charge on any atom is 0.0633 e. The monoisotopic (exact) mass is 243 g/mol. The lowest BCUT2D eigenvalue weighted by Crippen LogP contribution is -1.92. The number of aryl methyl sites for hydroxylation is 1. The molecule has 0 aliphatic carbocycles. The van der Waals surface area contributed by atoms with Gasteiger partial charge >= 0.3 is 0 Å². The second-order valence-corrected chi connectivity index (χ2v) is 4.48. The van der Waals surface area contributed by atoms with Crippen molar-refractivity contribution in [1.82, 2.24) is 0 Å². The smallest absolute Gasteiger partial charge is 0.0633 e. The van der Waals surface area contributed by atoms with Gasteiger partial charge in [0.2, 0.25) is 0 Å². The summed E-state index contributed by atoms with van der Waals surface area (Å²) < 4.78 is 0. The number of aliphatic imine (C=N–C) groups is 1. The fourth-order valence-electron chi connectivity index (χ4n) is 1.57. The van der Waals surface area contributed by atoms with Gasteiger partial charge in [0.05, 0.1) is 5.69 Å². The van der Waals surface area contributed by atoms with Crippen LogP contribution in [0.2, 0.25) is 5.02 Å². The molecule has 0 saturated heterocycles. The first-order chi connectivity index (χ1) is 8.15. The normalized spacial score (nSPS) is 11.6. The average molecular weight is 244 g/mol. The molecule has 0 bridgehead atoms. The van der Waals surface area contributed by atoms with Crippen LogP contribution in [0.15, 0.2) is 53.5 Å². The van der Waals surface area contributed by atoms with E-state index in [1.165, 1.54) is 5.56 Å². The maximum atomic E-state index is 5.85. The Labute approximate surface area is 107 Å². The zero-order valence-electron chi connectivity index (χ0n) is 9.94. The Bertz CT molecular complexity index is 524. The SMILES string of the molecule is C/C(=N\c1ccc(C)cc1)c1ccc(Cl)cc1. The summed E-state index contributed by atoms with van der Waals surface area (Å²) >= 11 is 5.85. The van der Waals surface area contributed by atoms with Gasteiger partial charge in [-0.25, -0.2) is 0 Å². The van der Waals surface area contributed by atoms with Crippen molar-refractivity contribution in [2.24, 2.45) is 4.99 Å². The second-order valence-electron chi connectivity index (χ2n) is 4.04. The van der Waals surface area contributed by atoms with Gasteiger partial charge in [0.15, 0.2) is 0 Å². The predicted octanol–water partition coefficient (Wildman–Crippen LogP) is 4.79. The molecule has 2 heteroatoms. The van der Waals surface area contributed by atoms with Gasteiger partial charge in [-0.3, -0.25) is 4.99 Å². The van der Waals surface area contributed by atoms with Crippen molar-refractivity contribution in [2.45, 2.75) is 13.8 Å². The first-order valence-corrected chi connectivity index (χ1v) is 5.91. The highest BCUT2D eigenvalue weighted by molar-refractivity contribution is 6.30. The van der Waals surface area contributed by atoms with Crippen molar-refractivity contribution in [1.29, 1.82) is 0 Å². The second kappa shape index (κ2) is 5.15. The third kappa shape index (κ3) is 3.18. The topological polar surface area (TPSA) is 12.4 Å². The number of hydrogen-bond donors (Lipinski definition) is 0. The van der Waals surface area contributed by atoms with Gasteiger partial charge in [-0.15, -0.1) is 0 Å². The number of benzene rings is 2. The molecular weight excluding hydrogens is 230 g/mol. The number of halogens is 1. The van der Waals surface area contributed by atoms with Crippen molar-refractivity contribution < 1.29 is 0 Å². The molecule has 0 saturated carbocycles. The summed E-state index contributed by atoms with van der Waals surface area (Å²) in [6.45, 7) is 4.07. The van der Waals surface area contributed by atoms with Crippen LogP contribution in [0.1, 0.15) is 18.1 Å². The van der Waals surface area contributed by atoms with Crippen LogP contribution in [0.5, 0.6) is 0 Å². The largest absolute Gasteiger partial charge is 0.253 e. The Hall–Kier alpha value is -1.60. The molecule has 2 aromatic carbocycles. The molecule has 2 aromatic rings. The van der Waals surface area contributed by atoms with E-state index in [4.69, 9.17) is 11.6 Å². The summed E-state index contributed by atoms with van der Waals surface area (Å²) in [5.41, 5.74) is 4.30. The van der Waals surface area contributed by atoms with E-state index in [0.29, 0.717) is 0 Å². The molecule has 17 heavy (non-hydrogen) atoms. The highest BCUT2D eigenvalue weighted by Gasteiger charge is 1.97. The summed E-state index contributed by atoms with van der Waals surface area (Å²) in [5.74, 6) is 0. The summed E-state index contributed by atoms with van der Waals surface area (Å²) in [6, 6.07) is 15.9. The zero-order chi connectivity index (χ0) is 12.3. The minimum atomic E-state index is 0.747. The molecule has 2 rings (SSSR count). The highest BCUT2D eigenvalue weighted by Crippen LogP contribution is 2.16. The van der Waals surface area contributed by atoms with Crippen LogP contribution in [-0.4, -0.2) is 5.71 Å². The van der Waals surface area contributed by atoms with Crippen LogP contribution in [0.4, 0.5) is 5.69 Å². The molecule has 0 fully saturated rings. The minimum absolute atomic E-state index is 0.747. The van der Waals surface area contributed by atoms with Crippen molar-refractivity contribution in [3.8, 4) is 0 Å². The number of nitrogens with zero attached hydrogens (tertiary/aromatic N) is 1. The van der Waals surface area contributed by atoms with Crippen LogP contribution in [0.3, 0.4) is 0 Å². The fraction of sp³-hybridized carbons (Fsp3) is 0.133. The Morgan fingerprint density at radius 3 is 2.12 bits per heavy atom. The third-order valence-electron chi connectivity index (χ3n) is 2.59. The van der Waals surface area contributed by atoms with Gasteiger partial charge in [-0.1, -0.05) is 41.4 Å². The lowest BCUT2D eigenvalue weighted by atomic mass is 10.1. The molecule has 0 aliphatic rings. The quantitative estimate of drug-likeness (QED) is 0.673. The van der Waals surface area contributed by atoms with Gasteiger partial charge in [0, 0.05) is 10.7 Å². The molecule has 0 N–H and O–H groups in total. The summed E-state index contributed by atoms with van der Waals surface area (Å²) in [6.07, 6.45) is 0.